The van der Waals surface area contributed by atoms with E-state index in [4.69, 9.17) is 19.0 Å². The Morgan fingerprint density at radius 2 is 1.57 bits per heavy atom. The van der Waals surface area contributed by atoms with Crippen molar-refractivity contribution in [2.45, 2.75) is 120 Å². The molecule has 0 aromatic carbocycles. The zero-order chi connectivity index (χ0) is 30.8. The first-order valence-corrected chi connectivity index (χ1v) is 14.7. The maximum atomic E-state index is 12.0. The molecule has 3 aliphatic rings. The number of hydrogen-bond donors (Lipinski definition) is 6. The van der Waals surface area contributed by atoms with Crippen LogP contribution in [0.4, 0.5) is 0 Å². The molecular formula is C27H46N2O13. The van der Waals surface area contributed by atoms with E-state index in [2.05, 4.69) is 4.90 Å². The summed E-state index contributed by atoms with van der Waals surface area (Å²) in [6.07, 6.45) is -5.76. The summed E-state index contributed by atoms with van der Waals surface area (Å²) in [7, 11) is 0. The fraction of sp³-hybridized carbons (Fsp3) is 0.889. The Kier molecular flexibility index (Phi) is 14.0. The molecule has 0 spiro atoms. The Morgan fingerprint density at radius 1 is 0.881 bits per heavy atom. The highest BCUT2D eigenvalue weighted by molar-refractivity contribution is 6.01. The molecule has 3 saturated heterocycles. The van der Waals surface area contributed by atoms with Gasteiger partial charge in [0.1, 0.15) is 30.5 Å². The third-order valence-electron chi connectivity index (χ3n) is 7.90. The van der Waals surface area contributed by atoms with Gasteiger partial charge in [-0.1, -0.05) is 6.42 Å². The van der Waals surface area contributed by atoms with Crippen molar-refractivity contribution in [2.24, 2.45) is 0 Å². The second-order valence-electron chi connectivity index (χ2n) is 11.1. The Balaban J connectivity index is 1.43. The largest absolute Gasteiger partial charge is 0.394 e. The quantitative estimate of drug-likeness (QED) is 0.0824. The van der Waals surface area contributed by atoms with Crippen molar-refractivity contribution < 1.29 is 64.1 Å². The predicted octanol–water partition coefficient (Wildman–Crippen LogP) is -2.05. The van der Waals surface area contributed by atoms with Crippen molar-refractivity contribution in [3.8, 4) is 0 Å². The summed E-state index contributed by atoms with van der Waals surface area (Å²) in [5.74, 6) is -1.68. The predicted molar refractivity (Wildman–Crippen MR) is 142 cm³/mol. The van der Waals surface area contributed by atoms with Gasteiger partial charge in [-0.05, 0) is 45.7 Å². The Bertz CT molecular complexity index is 863. The van der Waals surface area contributed by atoms with Gasteiger partial charge in [-0.3, -0.25) is 9.59 Å². The summed E-state index contributed by atoms with van der Waals surface area (Å²) in [5.41, 5.74) is 0. The number of ether oxygens (including phenoxy) is 3. The van der Waals surface area contributed by atoms with E-state index in [1.807, 2.05) is 0 Å². The molecule has 6 N–H and O–H groups in total. The lowest BCUT2D eigenvalue weighted by Gasteiger charge is -2.39. The number of imide groups is 1. The van der Waals surface area contributed by atoms with Crippen LogP contribution in [0, 0.1) is 0 Å². The number of rotatable bonds is 16. The number of hydrogen-bond acceptors (Lipinski definition) is 14. The van der Waals surface area contributed by atoms with E-state index in [0.29, 0.717) is 50.4 Å². The van der Waals surface area contributed by atoms with Gasteiger partial charge in [-0.25, -0.2) is 4.79 Å². The zero-order valence-electron chi connectivity index (χ0n) is 24.0. The van der Waals surface area contributed by atoms with Crippen LogP contribution in [0.25, 0.3) is 0 Å². The summed E-state index contributed by atoms with van der Waals surface area (Å²) in [6, 6.07) is 0. The first-order valence-electron chi connectivity index (χ1n) is 14.7. The molecule has 15 heteroatoms. The van der Waals surface area contributed by atoms with E-state index in [9.17, 15) is 45.0 Å². The van der Waals surface area contributed by atoms with Gasteiger partial charge in [0.05, 0.1) is 31.5 Å². The molecule has 3 aliphatic heterocycles. The highest BCUT2D eigenvalue weighted by Crippen LogP contribution is 2.24. The zero-order valence-corrected chi connectivity index (χ0v) is 24.0. The van der Waals surface area contributed by atoms with Crippen LogP contribution < -0.4 is 0 Å². The Hall–Kier alpha value is -1.79. The van der Waals surface area contributed by atoms with Crippen LogP contribution in [0.5, 0.6) is 0 Å². The van der Waals surface area contributed by atoms with E-state index in [0.717, 1.165) is 6.42 Å². The standard InChI is InChI=1S/C27H46N2O13/c1-16-24(35)27(38)26(37)18(40-16)6-5-11-28(12-13-39-23-14-17(31)25(36)19(15-30)41-23)10-4-2-3-7-22(34)42-29-20(32)8-9-21(29)33/h16-19,23-27,30-31,35-38H,2-15H2,1H3/t16-,17+,18-,19+,23-,24+,25-,26+,27+/m0/s1. The second-order valence-corrected chi connectivity index (χ2v) is 11.1. The molecule has 0 radical (unpaired) electrons. The number of carbonyl (C=O) groups excluding carboxylic acids is 3. The number of amides is 2. The van der Waals surface area contributed by atoms with Gasteiger partial charge in [0.15, 0.2) is 6.29 Å². The molecule has 0 aromatic heterocycles. The molecule has 0 aliphatic carbocycles. The second kappa shape index (κ2) is 16.9. The van der Waals surface area contributed by atoms with Crippen LogP contribution in [-0.4, -0.2) is 146 Å². The lowest BCUT2D eigenvalue weighted by molar-refractivity contribution is -0.257. The molecular weight excluding hydrogens is 560 g/mol. The van der Waals surface area contributed by atoms with Crippen molar-refractivity contribution in [3.05, 3.63) is 0 Å². The van der Waals surface area contributed by atoms with Gasteiger partial charge in [0, 0.05) is 32.2 Å². The van der Waals surface area contributed by atoms with Crippen LogP contribution in [0.15, 0.2) is 0 Å². The fourth-order valence-corrected chi connectivity index (χ4v) is 5.30. The van der Waals surface area contributed by atoms with Gasteiger partial charge >= 0.3 is 5.97 Å². The highest BCUT2D eigenvalue weighted by Gasteiger charge is 2.41. The summed E-state index contributed by atoms with van der Waals surface area (Å²) in [5, 5.41) is 60.1. The number of hydroxylamine groups is 2. The number of nitrogens with zero attached hydrogens (tertiary/aromatic N) is 2. The van der Waals surface area contributed by atoms with Gasteiger partial charge in [0.2, 0.25) is 0 Å². The van der Waals surface area contributed by atoms with E-state index in [1.54, 1.807) is 6.92 Å². The molecule has 3 rings (SSSR count). The van der Waals surface area contributed by atoms with Crippen molar-refractivity contribution in [1.29, 1.82) is 0 Å². The summed E-state index contributed by atoms with van der Waals surface area (Å²) < 4.78 is 17.0. The molecule has 9 atom stereocenters. The molecule has 2 amide bonds. The monoisotopic (exact) mass is 606 g/mol. The highest BCUT2D eigenvalue weighted by atomic mass is 16.7. The number of carbonyl (C=O) groups is 3. The van der Waals surface area contributed by atoms with Gasteiger partial charge in [-0.2, -0.15) is 0 Å². The van der Waals surface area contributed by atoms with Gasteiger partial charge < -0.3 is 54.6 Å². The normalized spacial score (nSPS) is 33.9. The molecule has 0 bridgehead atoms. The molecule has 242 valence electrons. The van der Waals surface area contributed by atoms with Crippen molar-refractivity contribution in [3.63, 3.8) is 0 Å². The van der Waals surface area contributed by atoms with E-state index in [1.165, 1.54) is 0 Å². The molecule has 0 saturated carbocycles. The molecule has 42 heavy (non-hydrogen) atoms. The minimum atomic E-state index is -1.29. The molecule has 3 heterocycles. The van der Waals surface area contributed by atoms with Crippen LogP contribution in [0.1, 0.15) is 64.7 Å². The first-order chi connectivity index (χ1) is 20.0. The van der Waals surface area contributed by atoms with E-state index >= 15 is 0 Å². The Morgan fingerprint density at radius 3 is 2.26 bits per heavy atom. The topological polar surface area (TPSA) is 216 Å². The van der Waals surface area contributed by atoms with Gasteiger partial charge in [0.25, 0.3) is 11.8 Å². The fourth-order valence-electron chi connectivity index (χ4n) is 5.30. The maximum Gasteiger partial charge on any atom is 0.333 e. The third kappa shape index (κ3) is 9.87. The summed E-state index contributed by atoms with van der Waals surface area (Å²) >= 11 is 0. The van der Waals surface area contributed by atoms with E-state index < -0.39 is 79.5 Å². The van der Waals surface area contributed by atoms with E-state index in [-0.39, 0.29) is 32.3 Å². The minimum absolute atomic E-state index is 0.0382. The molecule has 0 unspecified atom stereocenters. The molecule has 15 nitrogen and oxygen atoms in total. The number of unbranched alkanes of at least 4 members (excludes halogenated alkanes) is 2. The lowest BCUT2D eigenvalue weighted by atomic mass is 9.93. The van der Waals surface area contributed by atoms with Crippen molar-refractivity contribution in [1.82, 2.24) is 9.96 Å². The van der Waals surface area contributed by atoms with Crippen LogP contribution >= 0.6 is 0 Å². The summed E-state index contributed by atoms with van der Waals surface area (Å²) in [4.78, 5) is 42.2. The number of aliphatic hydroxyl groups excluding tert-OH is 6. The number of aliphatic hydroxyl groups is 6. The minimum Gasteiger partial charge on any atom is -0.394 e. The lowest BCUT2D eigenvalue weighted by Crippen LogP contribution is -2.56. The van der Waals surface area contributed by atoms with Crippen molar-refractivity contribution in [2.75, 3.05) is 32.8 Å². The Labute approximate surface area is 244 Å². The SMILES string of the molecule is C[C@@H]1O[C@@H](CCCN(CCCCCC(=O)ON2C(=O)CCC2=O)CCO[C@@H]2C[C@@H](O)[C@H](O)[C@@H](CO)O2)[C@@H](O)[C@H](O)[C@@H]1O. The molecule has 3 fully saturated rings. The smallest absolute Gasteiger partial charge is 0.333 e. The molecule has 0 aromatic rings. The van der Waals surface area contributed by atoms with Gasteiger partial charge in [-0.15, -0.1) is 5.06 Å². The summed E-state index contributed by atoms with van der Waals surface area (Å²) in [6.45, 7) is 3.13. The average molecular weight is 607 g/mol. The maximum absolute atomic E-state index is 12.0. The first kappa shape index (κ1) is 34.7. The van der Waals surface area contributed by atoms with Crippen LogP contribution in [-0.2, 0) is 33.4 Å². The van der Waals surface area contributed by atoms with Crippen LogP contribution in [0.3, 0.4) is 0 Å². The van der Waals surface area contributed by atoms with Crippen molar-refractivity contribution >= 4 is 17.8 Å². The van der Waals surface area contributed by atoms with Crippen LogP contribution in [0.2, 0.25) is 0 Å². The average Bonchev–Trinajstić information content (AvgIpc) is 3.27. The third-order valence-corrected chi connectivity index (χ3v) is 7.90.